The third-order valence-corrected chi connectivity index (χ3v) is 9.32. The van der Waals surface area contributed by atoms with E-state index in [0.29, 0.717) is 40.0 Å². The highest BCUT2D eigenvalue weighted by atomic mass is 35.5. The molecule has 1 atom stereocenters. The quantitative estimate of drug-likeness (QED) is 0.161. The van der Waals surface area contributed by atoms with Crippen molar-refractivity contribution in [3.63, 3.8) is 0 Å². The van der Waals surface area contributed by atoms with Crippen molar-refractivity contribution in [3.05, 3.63) is 118 Å². The van der Waals surface area contributed by atoms with E-state index < -0.39 is 5.82 Å². The van der Waals surface area contributed by atoms with Crippen molar-refractivity contribution in [2.24, 2.45) is 5.73 Å². The molecule has 3 aromatic heterocycles. The van der Waals surface area contributed by atoms with Gasteiger partial charge in [0.1, 0.15) is 18.2 Å². The van der Waals surface area contributed by atoms with Gasteiger partial charge in [0.15, 0.2) is 0 Å². The molecule has 12 heteroatoms. The third kappa shape index (κ3) is 7.75. The summed E-state index contributed by atoms with van der Waals surface area (Å²) in [5.74, 6) is 1.10. The molecule has 5 heterocycles. The Morgan fingerprint density at radius 3 is 2.71 bits per heavy atom. The summed E-state index contributed by atoms with van der Waals surface area (Å²) in [6, 6.07) is 19.5. The van der Waals surface area contributed by atoms with Crippen molar-refractivity contribution in [2.75, 3.05) is 25.0 Å². The molecular weight excluding hydrogens is 645 g/mol. The van der Waals surface area contributed by atoms with Crippen LogP contribution in [0.2, 0.25) is 5.02 Å². The van der Waals surface area contributed by atoms with Gasteiger partial charge in [0.25, 0.3) is 5.91 Å². The van der Waals surface area contributed by atoms with Gasteiger partial charge in [-0.2, -0.15) is 0 Å². The van der Waals surface area contributed by atoms with Gasteiger partial charge in [-0.15, -0.1) is 0 Å². The first kappa shape index (κ1) is 32.7. The normalized spacial score (nSPS) is 17.0. The molecule has 1 amide bonds. The summed E-state index contributed by atoms with van der Waals surface area (Å²) in [5, 5.41) is 3.30. The number of fused-ring (bicyclic) bond motifs is 1. The second-order valence-corrected chi connectivity index (χ2v) is 12.8. The van der Waals surface area contributed by atoms with E-state index in [-0.39, 0.29) is 24.5 Å². The fraction of sp³-hybridized carbons (Fsp3) is 0.297. The van der Waals surface area contributed by atoms with E-state index in [4.69, 9.17) is 36.8 Å². The third-order valence-electron chi connectivity index (χ3n) is 9.08. The summed E-state index contributed by atoms with van der Waals surface area (Å²) in [7, 11) is 0. The van der Waals surface area contributed by atoms with E-state index in [0.717, 1.165) is 68.1 Å². The number of halogens is 2. The van der Waals surface area contributed by atoms with Crippen molar-refractivity contribution < 1.29 is 18.7 Å². The summed E-state index contributed by atoms with van der Waals surface area (Å²) >= 11 is 5.88. The van der Waals surface area contributed by atoms with Crippen LogP contribution in [0.15, 0.2) is 79.1 Å². The number of aromatic nitrogens is 4. The second-order valence-electron chi connectivity index (χ2n) is 12.4. The highest BCUT2D eigenvalue weighted by Gasteiger charge is 2.26. The van der Waals surface area contributed by atoms with Gasteiger partial charge in [-0.3, -0.25) is 14.7 Å². The lowest BCUT2D eigenvalue weighted by Crippen LogP contribution is -2.35. The number of nitrogens with one attached hydrogen (secondary N) is 1. The number of nitrogens with zero attached hydrogens (tertiary/aromatic N) is 5. The zero-order chi connectivity index (χ0) is 33.7. The number of ether oxygens (including phenoxy) is 2. The molecule has 3 N–H and O–H groups in total. The van der Waals surface area contributed by atoms with E-state index in [2.05, 4.69) is 19.8 Å². The van der Waals surface area contributed by atoms with Crippen LogP contribution in [-0.4, -0.2) is 56.1 Å². The molecular formula is C37H37ClFN7O3. The van der Waals surface area contributed by atoms with Crippen molar-refractivity contribution in [2.45, 2.75) is 51.0 Å². The van der Waals surface area contributed by atoms with E-state index in [9.17, 15) is 9.18 Å². The molecule has 10 nitrogen and oxygen atoms in total. The summed E-state index contributed by atoms with van der Waals surface area (Å²) in [6.45, 7) is 4.04. The molecule has 0 saturated carbocycles. The Morgan fingerprint density at radius 2 is 1.94 bits per heavy atom. The van der Waals surface area contributed by atoms with Crippen molar-refractivity contribution in [1.82, 2.24) is 24.4 Å². The lowest BCUT2D eigenvalue weighted by atomic mass is 9.93. The van der Waals surface area contributed by atoms with Crippen LogP contribution in [-0.2, 0) is 24.4 Å². The summed E-state index contributed by atoms with van der Waals surface area (Å²) in [5.41, 5.74) is 10.5. The molecule has 2 fully saturated rings. The van der Waals surface area contributed by atoms with E-state index in [1.807, 2.05) is 30.3 Å². The fourth-order valence-corrected chi connectivity index (χ4v) is 6.47. The second kappa shape index (κ2) is 14.7. The lowest BCUT2D eigenvalue weighted by molar-refractivity contribution is -0.0592. The molecule has 0 spiro atoms. The minimum atomic E-state index is -0.396. The Morgan fingerprint density at radius 1 is 1.08 bits per heavy atom. The maximum absolute atomic E-state index is 14.2. The Hall–Kier alpha value is -4.84. The van der Waals surface area contributed by atoms with E-state index >= 15 is 0 Å². The van der Waals surface area contributed by atoms with Crippen molar-refractivity contribution in [1.29, 1.82) is 0 Å². The predicted molar refractivity (Wildman–Crippen MR) is 187 cm³/mol. The Balaban J connectivity index is 1.01. The van der Waals surface area contributed by atoms with Gasteiger partial charge in [-0.25, -0.2) is 14.4 Å². The maximum atomic E-state index is 14.2. The zero-order valence-electron chi connectivity index (χ0n) is 26.9. The van der Waals surface area contributed by atoms with Crippen molar-refractivity contribution >= 4 is 40.3 Å². The highest BCUT2D eigenvalue weighted by molar-refractivity contribution is 6.30. The number of carbonyl (C=O) groups is 1. The molecule has 2 aliphatic rings. The van der Waals surface area contributed by atoms with E-state index in [1.54, 1.807) is 42.6 Å². The number of benzene rings is 2. The van der Waals surface area contributed by atoms with Crippen LogP contribution >= 0.6 is 11.6 Å². The molecule has 0 radical (unpaired) electrons. The SMILES string of the molecule is N/C=C\c1cc(NC(=O)c2ccc3c(c2)nc(CN2CCC(c4cccc(OCc5ccc(Cl)cc5F)n4)CC2)n3CC2CCO2)ccn1. The molecule has 0 aliphatic carbocycles. The number of pyridine rings is 2. The molecule has 1 unspecified atom stereocenters. The van der Waals surface area contributed by atoms with Gasteiger partial charge in [0, 0.05) is 52.3 Å². The Kier molecular flexibility index (Phi) is 9.83. The number of nitrogens with two attached hydrogens (primary N) is 1. The van der Waals surface area contributed by atoms with Gasteiger partial charge >= 0.3 is 0 Å². The first-order chi connectivity index (χ1) is 23.9. The standard InChI is InChI=1S/C37H37ClFN7O3/c38-27-6-4-26(31(39)19-27)23-49-36-3-1-2-32(44-36)24-10-15-45(16-11-24)22-35-43-33-18-25(5-7-34(33)46(35)21-30-12-17-48-30)37(47)42-29-9-14-41-28(20-29)8-13-40/h1-9,13-14,18-20,24,30H,10-12,15-17,21-23,40H2,(H,41,42,47)/b13-8-. The first-order valence-corrected chi connectivity index (χ1v) is 16.8. The summed E-state index contributed by atoms with van der Waals surface area (Å²) < 4.78 is 28.1. The molecule has 2 aliphatic heterocycles. The number of imidazole rings is 1. The molecule has 7 rings (SSSR count). The van der Waals surface area contributed by atoms with Gasteiger partial charge in [-0.05, 0) is 93.2 Å². The van der Waals surface area contributed by atoms with Crippen LogP contribution in [0.3, 0.4) is 0 Å². The number of anilines is 1. The summed E-state index contributed by atoms with van der Waals surface area (Å²) in [6.07, 6.45) is 7.77. The fourth-order valence-electron chi connectivity index (χ4n) is 6.31. The molecule has 5 aromatic rings. The molecule has 0 bridgehead atoms. The lowest BCUT2D eigenvalue weighted by Gasteiger charge is -2.32. The molecule has 2 saturated heterocycles. The molecule has 49 heavy (non-hydrogen) atoms. The van der Waals surface area contributed by atoms with Crippen LogP contribution in [0.5, 0.6) is 5.88 Å². The number of rotatable bonds is 11. The Labute approximate surface area is 288 Å². The van der Waals surface area contributed by atoms with Gasteiger partial charge in [-0.1, -0.05) is 23.7 Å². The number of piperidine rings is 1. The molecule has 252 valence electrons. The highest BCUT2D eigenvalue weighted by Crippen LogP contribution is 2.30. The average molecular weight is 682 g/mol. The topological polar surface area (TPSA) is 120 Å². The number of carbonyl (C=O) groups excluding carboxylic acids is 1. The smallest absolute Gasteiger partial charge is 0.255 e. The van der Waals surface area contributed by atoms with Gasteiger partial charge in [0.05, 0.1) is 35.9 Å². The first-order valence-electron chi connectivity index (χ1n) is 16.4. The van der Waals surface area contributed by atoms with Crippen molar-refractivity contribution in [3.8, 4) is 5.88 Å². The van der Waals surface area contributed by atoms with Gasteiger partial charge < -0.3 is 25.1 Å². The minimum absolute atomic E-state index is 0.0790. The minimum Gasteiger partial charge on any atom is -0.473 e. The number of hydrogen-bond acceptors (Lipinski definition) is 8. The van der Waals surface area contributed by atoms with Crippen LogP contribution in [0.25, 0.3) is 17.1 Å². The number of likely N-dealkylation sites (tertiary alicyclic amines) is 1. The zero-order valence-corrected chi connectivity index (χ0v) is 27.7. The largest absolute Gasteiger partial charge is 0.473 e. The number of amides is 1. The summed E-state index contributed by atoms with van der Waals surface area (Å²) in [4.78, 5) is 29.6. The van der Waals surface area contributed by atoms with Gasteiger partial charge in [0.2, 0.25) is 5.88 Å². The maximum Gasteiger partial charge on any atom is 0.255 e. The van der Waals surface area contributed by atoms with Crippen LogP contribution < -0.4 is 15.8 Å². The van der Waals surface area contributed by atoms with Crippen LogP contribution in [0.1, 0.15) is 58.3 Å². The van der Waals surface area contributed by atoms with Crippen LogP contribution in [0, 0.1) is 5.82 Å². The monoisotopic (exact) mass is 681 g/mol. The molecule has 2 aromatic carbocycles. The average Bonchev–Trinajstić information content (AvgIpc) is 3.42. The Bertz CT molecular complexity index is 1990. The van der Waals surface area contributed by atoms with Crippen LogP contribution in [0.4, 0.5) is 10.1 Å². The predicted octanol–water partition coefficient (Wildman–Crippen LogP) is 6.55. The number of hydrogen-bond donors (Lipinski definition) is 2. The van der Waals surface area contributed by atoms with E-state index in [1.165, 1.54) is 12.3 Å².